The van der Waals surface area contributed by atoms with E-state index in [1.165, 1.54) is 17.5 Å². The topological polar surface area (TPSA) is 70.2 Å². The van der Waals surface area contributed by atoms with Gasteiger partial charge in [-0.3, -0.25) is 0 Å². The summed E-state index contributed by atoms with van der Waals surface area (Å²) in [4.78, 5) is 22.3. The van der Waals surface area contributed by atoms with E-state index < -0.39 is 0 Å². The summed E-state index contributed by atoms with van der Waals surface area (Å²) in [5.74, 6) is 1.70. The number of carbonyl (C=O) groups is 1. The number of carbonyl (C=O) groups excluding carboxylic acids is 1. The molecule has 0 bridgehead atoms. The summed E-state index contributed by atoms with van der Waals surface area (Å²) in [7, 11) is 3.77. The number of fused-ring (bicyclic) bond motifs is 3. The van der Waals surface area contributed by atoms with Crippen molar-refractivity contribution in [3.63, 3.8) is 0 Å². The van der Waals surface area contributed by atoms with Crippen molar-refractivity contribution in [1.29, 1.82) is 0 Å². The maximum Gasteiger partial charge on any atom is 0.319 e. The van der Waals surface area contributed by atoms with Gasteiger partial charge in [0.05, 0.1) is 6.20 Å². The van der Waals surface area contributed by atoms with Gasteiger partial charge in [0.2, 0.25) is 0 Å². The molecule has 1 saturated carbocycles. The fourth-order valence-corrected chi connectivity index (χ4v) is 3.63. The number of aromatic nitrogens is 2. The van der Waals surface area contributed by atoms with E-state index in [-0.39, 0.29) is 12.1 Å². The number of amides is 2. The first-order chi connectivity index (χ1) is 11.1. The number of hydrogen-bond donors (Lipinski definition) is 2. The number of hydrogen-bond acceptors (Lipinski definition) is 4. The molecule has 1 aromatic heterocycles. The normalized spacial score (nSPS) is 23.7. The molecule has 2 aliphatic carbocycles. The van der Waals surface area contributed by atoms with Gasteiger partial charge >= 0.3 is 6.03 Å². The van der Waals surface area contributed by atoms with E-state index in [1.54, 1.807) is 6.20 Å². The second-order valence-electron chi connectivity index (χ2n) is 6.37. The minimum absolute atomic E-state index is 0.195. The second kappa shape index (κ2) is 5.22. The molecule has 0 aliphatic heterocycles. The van der Waals surface area contributed by atoms with Gasteiger partial charge in [0.1, 0.15) is 12.0 Å². The zero-order valence-corrected chi connectivity index (χ0v) is 13.2. The van der Waals surface area contributed by atoms with Crippen molar-refractivity contribution in [1.82, 2.24) is 15.3 Å². The summed E-state index contributed by atoms with van der Waals surface area (Å²) in [6.07, 6.45) is 4.15. The summed E-state index contributed by atoms with van der Waals surface area (Å²) in [5.41, 5.74) is 3.42. The van der Waals surface area contributed by atoms with Crippen molar-refractivity contribution in [2.24, 2.45) is 5.92 Å². The number of benzene rings is 1. The molecule has 6 heteroatoms. The Morgan fingerprint density at radius 3 is 2.96 bits per heavy atom. The van der Waals surface area contributed by atoms with E-state index >= 15 is 0 Å². The second-order valence-corrected chi connectivity index (χ2v) is 6.37. The first-order valence-electron chi connectivity index (χ1n) is 7.78. The summed E-state index contributed by atoms with van der Waals surface area (Å²) < 4.78 is 0. The lowest BCUT2D eigenvalue weighted by molar-refractivity contribution is 0.251. The van der Waals surface area contributed by atoms with Gasteiger partial charge in [-0.1, -0.05) is 24.3 Å². The molecule has 118 valence electrons. The van der Waals surface area contributed by atoms with Crippen molar-refractivity contribution < 1.29 is 4.79 Å². The third-order valence-corrected chi connectivity index (χ3v) is 4.70. The largest absolute Gasteiger partial charge is 0.361 e. The minimum Gasteiger partial charge on any atom is -0.361 e. The fourth-order valence-electron chi connectivity index (χ4n) is 3.63. The van der Waals surface area contributed by atoms with Crippen molar-refractivity contribution >= 4 is 17.5 Å². The number of anilines is 2. The molecule has 1 heterocycles. The third kappa shape index (κ3) is 2.40. The van der Waals surface area contributed by atoms with Crippen molar-refractivity contribution in [2.75, 3.05) is 24.3 Å². The summed E-state index contributed by atoms with van der Waals surface area (Å²) in [6.45, 7) is 0. The van der Waals surface area contributed by atoms with Gasteiger partial charge in [-0.15, -0.1) is 0 Å². The van der Waals surface area contributed by atoms with Gasteiger partial charge in [0.25, 0.3) is 0 Å². The van der Waals surface area contributed by atoms with Gasteiger partial charge < -0.3 is 15.5 Å². The fraction of sp³-hybridized carbons (Fsp3) is 0.353. The Balaban J connectivity index is 1.42. The molecule has 2 aromatic rings. The van der Waals surface area contributed by atoms with Gasteiger partial charge in [0, 0.05) is 26.1 Å². The van der Waals surface area contributed by atoms with Crippen LogP contribution in [-0.2, 0) is 6.42 Å². The van der Waals surface area contributed by atoms with Crippen LogP contribution in [0.5, 0.6) is 0 Å². The Morgan fingerprint density at radius 1 is 1.30 bits per heavy atom. The minimum atomic E-state index is -0.195. The summed E-state index contributed by atoms with van der Waals surface area (Å²) >= 11 is 0. The average molecular weight is 309 g/mol. The first-order valence-corrected chi connectivity index (χ1v) is 7.78. The molecule has 2 amide bonds. The molecule has 0 saturated heterocycles. The average Bonchev–Trinajstić information content (AvgIpc) is 3.04. The van der Waals surface area contributed by atoms with Crippen LogP contribution in [0.2, 0.25) is 0 Å². The van der Waals surface area contributed by atoms with E-state index in [2.05, 4.69) is 44.9 Å². The lowest BCUT2D eigenvalue weighted by Crippen LogP contribution is -2.33. The van der Waals surface area contributed by atoms with Gasteiger partial charge in [-0.2, -0.15) is 0 Å². The zero-order valence-electron chi connectivity index (χ0n) is 13.2. The van der Waals surface area contributed by atoms with Crippen molar-refractivity contribution in [3.05, 3.63) is 47.9 Å². The quantitative estimate of drug-likeness (QED) is 0.910. The predicted molar refractivity (Wildman–Crippen MR) is 88.7 cm³/mol. The summed E-state index contributed by atoms with van der Waals surface area (Å²) in [5, 5.41) is 5.95. The maximum atomic E-state index is 12.3. The van der Waals surface area contributed by atoms with Crippen LogP contribution in [-0.4, -0.2) is 36.1 Å². The van der Waals surface area contributed by atoms with Crippen LogP contribution < -0.4 is 15.5 Å². The zero-order chi connectivity index (χ0) is 16.0. The monoisotopic (exact) mass is 309 g/mol. The Hall–Kier alpha value is -2.63. The Kier molecular flexibility index (Phi) is 3.18. The van der Waals surface area contributed by atoms with E-state index in [0.717, 1.165) is 6.42 Å². The number of nitrogens with one attached hydrogen (secondary N) is 2. The van der Waals surface area contributed by atoms with Crippen molar-refractivity contribution in [3.8, 4) is 0 Å². The lowest BCUT2D eigenvalue weighted by atomic mass is 10.1. The highest BCUT2D eigenvalue weighted by atomic mass is 16.2. The van der Waals surface area contributed by atoms with Crippen LogP contribution in [0.3, 0.4) is 0 Å². The van der Waals surface area contributed by atoms with E-state index in [4.69, 9.17) is 0 Å². The molecule has 1 fully saturated rings. The Bertz CT molecular complexity index is 760. The molecule has 23 heavy (non-hydrogen) atoms. The highest BCUT2D eigenvalue weighted by Crippen LogP contribution is 2.56. The highest BCUT2D eigenvalue weighted by molar-refractivity contribution is 5.92. The molecule has 2 aliphatic rings. The molecule has 1 aromatic carbocycles. The van der Waals surface area contributed by atoms with Crippen LogP contribution in [0, 0.1) is 5.92 Å². The van der Waals surface area contributed by atoms with Gasteiger partial charge in [-0.05, 0) is 23.5 Å². The standard InChI is InChI=1S/C17H19N5O/c1-22(2)16-13(8-18-9-19-16)20-17(23)21-15-12-7-10-5-3-4-6-11(10)14(12)15/h3-6,8-9,12,14-15H,7H2,1-2H3,(H2,20,21,23)/t12-,14-,15-/m1/s1. The first kappa shape index (κ1) is 14.0. The van der Waals surface area contributed by atoms with E-state index in [1.807, 2.05) is 19.0 Å². The van der Waals surface area contributed by atoms with Crippen LogP contribution in [0.25, 0.3) is 0 Å². The molecule has 0 unspecified atom stereocenters. The van der Waals surface area contributed by atoms with E-state index in [0.29, 0.717) is 23.3 Å². The molecule has 4 rings (SSSR count). The Labute approximate surface area is 134 Å². The van der Waals surface area contributed by atoms with Gasteiger partial charge in [0.15, 0.2) is 5.82 Å². The van der Waals surface area contributed by atoms with Crippen molar-refractivity contribution in [2.45, 2.75) is 18.4 Å². The Morgan fingerprint density at radius 2 is 2.13 bits per heavy atom. The molecule has 3 atom stereocenters. The van der Waals surface area contributed by atoms with Crippen LogP contribution in [0.15, 0.2) is 36.8 Å². The number of urea groups is 1. The predicted octanol–water partition coefficient (Wildman–Crippen LogP) is 2.00. The van der Waals surface area contributed by atoms with Crippen LogP contribution >= 0.6 is 0 Å². The van der Waals surface area contributed by atoms with Gasteiger partial charge in [-0.25, -0.2) is 14.8 Å². The molecular weight excluding hydrogens is 290 g/mol. The molecule has 0 spiro atoms. The van der Waals surface area contributed by atoms with Crippen LogP contribution in [0.4, 0.5) is 16.3 Å². The molecular formula is C17H19N5O. The summed E-state index contributed by atoms with van der Waals surface area (Å²) in [6, 6.07) is 8.55. The SMILES string of the molecule is CN(C)c1ncncc1NC(=O)N[C@@H]1[C@@H]2Cc3ccccc3[C@H]21. The number of rotatable bonds is 3. The molecule has 2 N–H and O–H groups in total. The smallest absolute Gasteiger partial charge is 0.319 e. The highest BCUT2D eigenvalue weighted by Gasteiger charge is 2.56. The molecule has 6 nitrogen and oxygen atoms in total. The lowest BCUT2D eigenvalue weighted by Gasteiger charge is -2.16. The molecule has 0 radical (unpaired) electrons. The number of nitrogens with zero attached hydrogens (tertiary/aromatic N) is 3. The maximum absolute atomic E-state index is 12.3. The third-order valence-electron chi connectivity index (χ3n) is 4.70. The van der Waals surface area contributed by atoms with E-state index in [9.17, 15) is 4.79 Å². The van der Waals surface area contributed by atoms with Crippen LogP contribution in [0.1, 0.15) is 17.0 Å².